The van der Waals surface area contributed by atoms with Crippen molar-refractivity contribution < 1.29 is 23.1 Å². The van der Waals surface area contributed by atoms with Gasteiger partial charge in [-0.1, -0.05) is 29.8 Å². The van der Waals surface area contributed by atoms with E-state index in [0.717, 1.165) is 22.6 Å². The lowest BCUT2D eigenvalue weighted by molar-refractivity contribution is -0.120. The fourth-order valence-electron chi connectivity index (χ4n) is 3.47. The zero-order valence-corrected chi connectivity index (χ0v) is 18.5. The molecule has 1 aliphatic rings. The van der Waals surface area contributed by atoms with Crippen molar-refractivity contribution in [3.8, 4) is 5.75 Å². The topological polar surface area (TPSA) is 58.6 Å². The van der Waals surface area contributed by atoms with Gasteiger partial charge in [0.2, 0.25) is 0 Å². The summed E-state index contributed by atoms with van der Waals surface area (Å²) < 4.78 is 32.8. The Kier molecular flexibility index (Phi) is 6.16. The Bertz CT molecular complexity index is 1290. The Labute approximate surface area is 194 Å². The van der Waals surface area contributed by atoms with Crippen LogP contribution in [-0.2, 0) is 9.59 Å². The third-order valence-corrected chi connectivity index (χ3v) is 5.55. The second-order valence-electron chi connectivity index (χ2n) is 7.34. The number of aryl methyl sites for hydroxylation is 1. The van der Waals surface area contributed by atoms with E-state index in [0.29, 0.717) is 28.6 Å². The highest BCUT2D eigenvalue weighted by Gasteiger charge is 2.40. The minimum atomic E-state index is -1.16. The summed E-state index contributed by atoms with van der Waals surface area (Å²) in [5.41, 5.74) is 1.81. The SMILES string of the molecule is CCOc1ccc(C2=C(Nc3ccc(C)c(Cl)c3)C(=O)N(c3ccc(F)c(F)c3)C2=O)cc1. The first-order chi connectivity index (χ1) is 15.8. The average molecular weight is 469 g/mol. The number of anilines is 2. The van der Waals surface area contributed by atoms with Crippen LogP contribution in [0.2, 0.25) is 5.02 Å². The van der Waals surface area contributed by atoms with Crippen LogP contribution in [0, 0.1) is 18.6 Å². The molecule has 5 nitrogen and oxygen atoms in total. The minimum Gasteiger partial charge on any atom is -0.494 e. The standard InChI is InChI=1S/C25H19ClF2N2O3/c1-3-33-18-9-5-15(6-10-18)22-23(29-16-7-4-14(2)19(26)12-16)25(32)30(24(22)31)17-8-11-20(27)21(28)13-17/h4-13,29H,3H2,1-2H3. The third kappa shape index (κ3) is 4.32. The predicted octanol–water partition coefficient (Wildman–Crippen LogP) is 5.72. The number of carbonyl (C=O) groups excluding carboxylic acids is 2. The van der Waals surface area contributed by atoms with Gasteiger partial charge in [0.25, 0.3) is 11.8 Å². The molecule has 0 saturated heterocycles. The van der Waals surface area contributed by atoms with E-state index in [1.54, 1.807) is 42.5 Å². The normalized spacial score (nSPS) is 13.7. The number of imide groups is 1. The van der Waals surface area contributed by atoms with E-state index in [-0.39, 0.29) is 17.0 Å². The Hall–Kier alpha value is -3.71. The van der Waals surface area contributed by atoms with Crippen molar-refractivity contribution in [1.29, 1.82) is 0 Å². The molecule has 2 amide bonds. The van der Waals surface area contributed by atoms with Crippen LogP contribution in [0.25, 0.3) is 5.57 Å². The molecule has 168 valence electrons. The number of hydrogen-bond donors (Lipinski definition) is 1. The molecular formula is C25H19ClF2N2O3. The van der Waals surface area contributed by atoms with Crippen molar-refractivity contribution in [2.45, 2.75) is 13.8 Å². The first-order valence-corrected chi connectivity index (χ1v) is 10.5. The molecule has 0 bridgehead atoms. The summed E-state index contributed by atoms with van der Waals surface area (Å²) in [4.78, 5) is 27.5. The summed E-state index contributed by atoms with van der Waals surface area (Å²) in [5, 5.41) is 3.47. The molecule has 1 heterocycles. The summed E-state index contributed by atoms with van der Waals surface area (Å²) in [6.07, 6.45) is 0. The van der Waals surface area contributed by atoms with Crippen molar-refractivity contribution in [3.05, 3.63) is 94.1 Å². The monoisotopic (exact) mass is 468 g/mol. The molecule has 0 spiro atoms. The highest BCUT2D eigenvalue weighted by atomic mass is 35.5. The highest BCUT2D eigenvalue weighted by Crippen LogP contribution is 2.35. The quantitative estimate of drug-likeness (QED) is 0.470. The van der Waals surface area contributed by atoms with Crippen molar-refractivity contribution in [1.82, 2.24) is 0 Å². The fraction of sp³-hybridized carbons (Fsp3) is 0.120. The molecule has 0 unspecified atom stereocenters. The Balaban J connectivity index is 1.80. The van der Waals surface area contributed by atoms with Gasteiger partial charge < -0.3 is 10.1 Å². The van der Waals surface area contributed by atoms with E-state index in [4.69, 9.17) is 16.3 Å². The van der Waals surface area contributed by atoms with Gasteiger partial charge in [-0.2, -0.15) is 0 Å². The summed E-state index contributed by atoms with van der Waals surface area (Å²) >= 11 is 6.21. The van der Waals surface area contributed by atoms with Gasteiger partial charge in [0.1, 0.15) is 11.4 Å². The Morgan fingerprint density at radius 2 is 1.67 bits per heavy atom. The zero-order valence-electron chi connectivity index (χ0n) is 17.8. The summed E-state index contributed by atoms with van der Waals surface area (Å²) in [7, 11) is 0. The van der Waals surface area contributed by atoms with Gasteiger partial charge in [-0.05, 0) is 61.4 Å². The smallest absolute Gasteiger partial charge is 0.282 e. The minimum absolute atomic E-state index is 0.00573. The molecule has 3 aromatic rings. The van der Waals surface area contributed by atoms with E-state index >= 15 is 0 Å². The predicted molar refractivity (Wildman–Crippen MR) is 123 cm³/mol. The Morgan fingerprint density at radius 1 is 0.939 bits per heavy atom. The molecule has 1 aliphatic heterocycles. The van der Waals surface area contributed by atoms with E-state index in [1.807, 2.05) is 13.8 Å². The Morgan fingerprint density at radius 3 is 2.30 bits per heavy atom. The third-order valence-electron chi connectivity index (χ3n) is 5.14. The highest BCUT2D eigenvalue weighted by molar-refractivity contribution is 6.46. The first kappa shape index (κ1) is 22.5. The summed E-state index contributed by atoms with van der Waals surface area (Å²) in [6, 6.07) is 14.7. The number of nitrogens with zero attached hydrogens (tertiary/aromatic N) is 1. The van der Waals surface area contributed by atoms with Gasteiger partial charge in [-0.25, -0.2) is 13.7 Å². The lowest BCUT2D eigenvalue weighted by atomic mass is 10.0. The number of ether oxygens (including phenoxy) is 1. The van der Waals surface area contributed by atoms with Crippen LogP contribution in [0.4, 0.5) is 20.2 Å². The zero-order chi connectivity index (χ0) is 23.7. The van der Waals surface area contributed by atoms with E-state index in [9.17, 15) is 18.4 Å². The number of amides is 2. The number of hydrogen-bond acceptors (Lipinski definition) is 4. The number of nitrogens with one attached hydrogen (secondary N) is 1. The number of rotatable bonds is 6. The summed E-state index contributed by atoms with van der Waals surface area (Å²) in [6.45, 7) is 4.17. The van der Waals surface area contributed by atoms with Crippen molar-refractivity contribution in [3.63, 3.8) is 0 Å². The molecule has 0 aliphatic carbocycles. The molecular weight excluding hydrogens is 450 g/mol. The number of halogens is 3. The fourth-order valence-corrected chi connectivity index (χ4v) is 3.65. The lowest BCUT2D eigenvalue weighted by Crippen LogP contribution is -2.32. The van der Waals surface area contributed by atoms with Crippen LogP contribution in [0.15, 0.2) is 66.4 Å². The van der Waals surface area contributed by atoms with Crippen LogP contribution in [0.5, 0.6) is 5.75 Å². The van der Waals surface area contributed by atoms with Crippen LogP contribution >= 0.6 is 11.6 Å². The molecule has 33 heavy (non-hydrogen) atoms. The van der Waals surface area contributed by atoms with E-state index < -0.39 is 23.4 Å². The van der Waals surface area contributed by atoms with Gasteiger partial charge in [0, 0.05) is 16.8 Å². The number of carbonyl (C=O) groups is 2. The van der Waals surface area contributed by atoms with Crippen molar-refractivity contribution in [2.75, 3.05) is 16.8 Å². The molecule has 3 aromatic carbocycles. The molecule has 1 N–H and O–H groups in total. The van der Waals surface area contributed by atoms with Crippen molar-refractivity contribution >= 4 is 40.4 Å². The maximum absolute atomic E-state index is 13.9. The molecule has 4 rings (SSSR count). The second kappa shape index (κ2) is 9.03. The van der Waals surface area contributed by atoms with Crippen LogP contribution in [0.3, 0.4) is 0 Å². The molecule has 0 fully saturated rings. The maximum atomic E-state index is 13.9. The molecule has 8 heteroatoms. The molecule has 0 saturated carbocycles. The van der Waals surface area contributed by atoms with Crippen LogP contribution < -0.4 is 15.0 Å². The molecule has 0 radical (unpaired) electrons. The van der Waals surface area contributed by atoms with Gasteiger partial charge in [0.15, 0.2) is 11.6 Å². The molecule has 0 aromatic heterocycles. The number of benzene rings is 3. The largest absolute Gasteiger partial charge is 0.494 e. The van der Waals surface area contributed by atoms with Crippen molar-refractivity contribution in [2.24, 2.45) is 0 Å². The van der Waals surface area contributed by atoms with E-state index in [1.165, 1.54) is 6.07 Å². The van der Waals surface area contributed by atoms with Gasteiger partial charge in [-0.15, -0.1) is 0 Å². The van der Waals surface area contributed by atoms with E-state index in [2.05, 4.69) is 5.32 Å². The molecule has 0 atom stereocenters. The lowest BCUT2D eigenvalue weighted by Gasteiger charge is -2.15. The average Bonchev–Trinajstić information content (AvgIpc) is 3.03. The van der Waals surface area contributed by atoms with Gasteiger partial charge in [0.05, 0.1) is 17.9 Å². The van der Waals surface area contributed by atoms with Gasteiger partial charge in [-0.3, -0.25) is 9.59 Å². The second-order valence-corrected chi connectivity index (χ2v) is 7.75. The van der Waals surface area contributed by atoms with Crippen LogP contribution in [0.1, 0.15) is 18.1 Å². The first-order valence-electron chi connectivity index (χ1n) is 10.1. The van der Waals surface area contributed by atoms with Crippen LogP contribution in [-0.4, -0.2) is 18.4 Å². The maximum Gasteiger partial charge on any atom is 0.282 e. The summed E-state index contributed by atoms with van der Waals surface area (Å²) in [5.74, 6) is -3.01. The van der Waals surface area contributed by atoms with Gasteiger partial charge >= 0.3 is 0 Å².